The molecular weight excluding hydrogens is 229 g/mol. The van der Waals surface area contributed by atoms with Crippen LogP contribution in [0, 0.1) is 11.8 Å². The van der Waals surface area contributed by atoms with Crippen molar-refractivity contribution >= 4 is 17.3 Å². The van der Waals surface area contributed by atoms with Gasteiger partial charge >= 0.3 is 12.1 Å². The van der Waals surface area contributed by atoms with Gasteiger partial charge < -0.3 is 4.74 Å². The molecule has 0 fully saturated rings. The van der Waals surface area contributed by atoms with E-state index in [1.54, 1.807) is 0 Å². The molecule has 0 aromatic carbocycles. The maximum Gasteiger partial charge on any atom is 0.458 e. The molecule has 80 valence electrons. The summed E-state index contributed by atoms with van der Waals surface area (Å²) in [7, 11) is 1.16. The van der Waals surface area contributed by atoms with Gasteiger partial charge in [-0.25, -0.2) is 4.79 Å². The molecule has 0 aliphatic rings. The van der Waals surface area contributed by atoms with Gasteiger partial charge in [0.05, 0.1) is 12.7 Å². The average Bonchev–Trinajstić information content (AvgIpc) is 2.60. The molecule has 6 heteroatoms. The van der Waals surface area contributed by atoms with Crippen molar-refractivity contribution in [2.24, 2.45) is 0 Å². The van der Waals surface area contributed by atoms with E-state index in [9.17, 15) is 18.0 Å². The van der Waals surface area contributed by atoms with Crippen molar-refractivity contribution in [3.8, 4) is 11.8 Å². The van der Waals surface area contributed by atoms with Gasteiger partial charge in [0.2, 0.25) is 0 Å². The first-order valence-electron chi connectivity index (χ1n) is 3.70. The standard InChI is InChI=1S/C9H5F3O2S/c1-14-8(13)7-6(3-5-15-7)2-4-9(10,11)12/h3,5H,1H3. The molecule has 0 aliphatic carbocycles. The number of carbonyl (C=O) groups is 1. The molecule has 0 saturated heterocycles. The highest BCUT2D eigenvalue weighted by molar-refractivity contribution is 7.12. The van der Waals surface area contributed by atoms with E-state index >= 15 is 0 Å². The maximum atomic E-state index is 11.8. The van der Waals surface area contributed by atoms with Crippen LogP contribution in [0.15, 0.2) is 11.4 Å². The number of methoxy groups -OCH3 is 1. The van der Waals surface area contributed by atoms with E-state index in [4.69, 9.17) is 0 Å². The molecule has 0 N–H and O–H groups in total. The normalized spacial score (nSPS) is 10.4. The Balaban J connectivity index is 3.00. The summed E-state index contributed by atoms with van der Waals surface area (Å²) < 4.78 is 39.7. The van der Waals surface area contributed by atoms with Gasteiger partial charge in [0.25, 0.3) is 0 Å². The Morgan fingerprint density at radius 2 is 2.20 bits per heavy atom. The molecular formula is C9H5F3O2S. The summed E-state index contributed by atoms with van der Waals surface area (Å²) in [5.74, 6) is 2.29. The second kappa shape index (κ2) is 4.36. The first-order valence-corrected chi connectivity index (χ1v) is 4.57. The number of esters is 1. The Morgan fingerprint density at radius 1 is 1.53 bits per heavy atom. The first-order chi connectivity index (χ1) is 6.94. The second-order valence-corrected chi connectivity index (χ2v) is 3.32. The quantitative estimate of drug-likeness (QED) is 0.551. The van der Waals surface area contributed by atoms with Gasteiger partial charge in [0.1, 0.15) is 4.88 Å². The third kappa shape index (κ3) is 3.29. The van der Waals surface area contributed by atoms with Crippen molar-refractivity contribution in [1.82, 2.24) is 0 Å². The van der Waals surface area contributed by atoms with E-state index in [0.717, 1.165) is 24.4 Å². The van der Waals surface area contributed by atoms with Crippen LogP contribution in [0.1, 0.15) is 15.2 Å². The first kappa shape index (κ1) is 11.6. The molecule has 1 aromatic heterocycles. The predicted octanol–water partition coefficient (Wildman–Crippen LogP) is 2.45. The van der Waals surface area contributed by atoms with Crippen LogP contribution in [0.4, 0.5) is 13.2 Å². The molecule has 0 atom stereocenters. The minimum Gasteiger partial charge on any atom is -0.465 e. The lowest BCUT2D eigenvalue weighted by Gasteiger charge is -1.95. The Kier molecular flexibility index (Phi) is 3.37. The van der Waals surface area contributed by atoms with Crippen LogP contribution in [0.5, 0.6) is 0 Å². The number of carbonyl (C=O) groups excluding carboxylic acids is 1. The van der Waals surface area contributed by atoms with Gasteiger partial charge in [-0.2, -0.15) is 13.2 Å². The van der Waals surface area contributed by atoms with Gasteiger partial charge in [-0.3, -0.25) is 0 Å². The molecule has 1 aromatic rings. The average molecular weight is 234 g/mol. The van der Waals surface area contributed by atoms with E-state index < -0.39 is 12.1 Å². The van der Waals surface area contributed by atoms with Crippen LogP contribution in [0.2, 0.25) is 0 Å². The summed E-state index contributed by atoms with van der Waals surface area (Å²) in [5, 5.41) is 1.48. The van der Waals surface area contributed by atoms with E-state index in [1.807, 2.05) is 5.92 Å². The number of ether oxygens (including phenoxy) is 1. The van der Waals surface area contributed by atoms with Crippen LogP contribution < -0.4 is 0 Å². The third-order valence-electron chi connectivity index (χ3n) is 1.37. The zero-order valence-corrected chi connectivity index (χ0v) is 8.33. The molecule has 0 spiro atoms. The van der Waals surface area contributed by atoms with Gasteiger partial charge in [0, 0.05) is 5.92 Å². The number of hydrogen-bond donors (Lipinski definition) is 0. The van der Waals surface area contributed by atoms with Crippen molar-refractivity contribution < 1.29 is 22.7 Å². The lowest BCUT2D eigenvalue weighted by atomic mass is 10.2. The van der Waals surface area contributed by atoms with Crippen molar-refractivity contribution in [2.75, 3.05) is 7.11 Å². The van der Waals surface area contributed by atoms with Crippen molar-refractivity contribution in [3.05, 3.63) is 21.9 Å². The number of alkyl halides is 3. The highest BCUT2D eigenvalue weighted by atomic mass is 32.1. The molecule has 0 amide bonds. The summed E-state index contributed by atoms with van der Waals surface area (Å²) in [6, 6.07) is 1.34. The number of halogens is 3. The monoisotopic (exact) mass is 234 g/mol. The number of hydrogen-bond acceptors (Lipinski definition) is 3. The predicted molar refractivity (Wildman–Crippen MR) is 48.6 cm³/mol. The number of thiophene rings is 1. The highest BCUT2D eigenvalue weighted by Gasteiger charge is 2.23. The van der Waals surface area contributed by atoms with E-state index in [0.29, 0.717) is 0 Å². The lowest BCUT2D eigenvalue weighted by molar-refractivity contribution is -0.0696. The maximum absolute atomic E-state index is 11.8. The Labute approximate surface area is 87.7 Å². The minimum atomic E-state index is -4.56. The SMILES string of the molecule is COC(=O)c1sccc1C#CC(F)(F)F. The molecule has 0 bridgehead atoms. The van der Waals surface area contributed by atoms with E-state index in [2.05, 4.69) is 4.74 Å². The molecule has 2 nitrogen and oxygen atoms in total. The van der Waals surface area contributed by atoms with Crippen molar-refractivity contribution in [1.29, 1.82) is 0 Å². The van der Waals surface area contributed by atoms with Crippen LogP contribution in [0.25, 0.3) is 0 Å². The zero-order chi connectivity index (χ0) is 11.5. The van der Waals surface area contributed by atoms with Crippen LogP contribution in [0.3, 0.4) is 0 Å². The van der Waals surface area contributed by atoms with E-state index in [1.165, 1.54) is 11.4 Å². The Morgan fingerprint density at radius 3 is 2.73 bits per heavy atom. The minimum absolute atomic E-state index is 0.0316. The fourth-order valence-electron chi connectivity index (χ4n) is 0.797. The number of rotatable bonds is 1. The lowest BCUT2D eigenvalue weighted by Crippen LogP contribution is -2.03. The highest BCUT2D eigenvalue weighted by Crippen LogP contribution is 2.18. The van der Waals surface area contributed by atoms with Gasteiger partial charge in [-0.15, -0.1) is 11.3 Å². The smallest absolute Gasteiger partial charge is 0.458 e. The molecule has 0 radical (unpaired) electrons. The molecule has 0 aliphatic heterocycles. The largest absolute Gasteiger partial charge is 0.465 e. The van der Waals surface area contributed by atoms with Gasteiger partial charge in [0.15, 0.2) is 0 Å². The summed E-state index contributed by atoms with van der Waals surface area (Å²) in [6.07, 6.45) is -4.56. The topological polar surface area (TPSA) is 26.3 Å². The van der Waals surface area contributed by atoms with Crippen molar-refractivity contribution in [3.63, 3.8) is 0 Å². The van der Waals surface area contributed by atoms with Gasteiger partial charge in [-0.05, 0) is 11.4 Å². The Hall–Kier alpha value is -1.48. The summed E-state index contributed by atoms with van der Waals surface area (Å²) >= 11 is 0.988. The summed E-state index contributed by atoms with van der Waals surface area (Å²) in [4.78, 5) is 11.1. The zero-order valence-electron chi connectivity index (χ0n) is 7.51. The summed E-state index contributed by atoms with van der Waals surface area (Å²) in [5.41, 5.74) is 0.0316. The van der Waals surface area contributed by atoms with Crippen LogP contribution >= 0.6 is 11.3 Å². The third-order valence-corrected chi connectivity index (χ3v) is 2.27. The molecule has 0 saturated carbocycles. The second-order valence-electron chi connectivity index (χ2n) is 2.40. The molecule has 1 heterocycles. The fourth-order valence-corrected chi connectivity index (χ4v) is 1.56. The Bertz CT molecular complexity index is 423. The van der Waals surface area contributed by atoms with Crippen LogP contribution in [-0.2, 0) is 4.74 Å². The molecule has 15 heavy (non-hydrogen) atoms. The van der Waals surface area contributed by atoms with Crippen molar-refractivity contribution in [2.45, 2.75) is 6.18 Å². The van der Waals surface area contributed by atoms with Gasteiger partial charge in [-0.1, -0.05) is 5.92 Å². The fraction of sp³-hybridized carbons (Fsp3) is 0.222. The molecule has 0 unspecified atom stereocenters. The summed E-state index contributed by atoms with van der Waals surface area (Å²) in [6.45, 7) is 0. The van der Waals surface area contributed by atoms with E-state index in [-0.39, 0.29) is 10.4 Å². The molecule has 1 rings (SSSR count). The van der Waals surface area contributed by atoms with Crippen LogP contribution in [-0.4, -0.2) is 19.3 Å².